The van der Waals surface area contributed by atoms with Crippen LogP contribution >= 0.6 is 0 Å². The van der Waals surface area contributed by atoms with Gasteiger partial charge in [-0.25, -0.2) is 21.9 Å². The molecular weight excluding hydrogens is 244 g/mol. The van der Waals surface area contributed by atoms with Crippen LogP contribution in [-0.4, -0.2) is 30.4 Å². The van der Waals surface area contributed by atoms with Crippen molar-refractivity contribution < 1.29 is 22.0 Å². The Labute approximate surface area is 90.3 Å². The second-order valence-electron chi connectivity index (χ2n) is 3.11. The van der Waals surface area contributed by atoms with Crippen LogP contribution in [0.15, 0.2) is 6.20 Å². The minimum absolute atomic E-state index is 0.456. The van der Waals surface area contributed by atoms with Crippen molar-refractivity contribution in [1.29, 1.82) is 0 Å². The lowest BCUT2D eigenvalue weighted by molar-refractivity contribution is 0.0966. The molecule has 9 heteroatoms. The summed E-state index contributed by atoms with van der Waals surface area (Å²) in [7, 11) is -2.44. The third-order valence-corrected chi connectivity index (χ3v) is 2.14. The highest BCUT2D eigenvalue weighted by Crippen LogP contribution is 2.20. The maximum absolute atomic E-state index is 12.4. The molecule has 16 heavy (non-hydrogen) atoms. The average molecular weight is 253 g/mol. The number of nitrogens with one attached hydrogen (secondary N) is 1. The predicted octanol–water partition coefficient (Wildman–Crippen LogP) is 0.0471. The van der Waals surface area contributed by atoms with Gasteiger partial charge in [-0.2, -0.15) is 5.10 Å². The van der Waals surface area contributed by atoms with E-state index in [4.69, 9.17) is 0 Å². The first kappa shape index (κ1) is 12.6. The molecule has 0 unspecified atom stereocenters. The molecule has 6 nitrogen and oxygen atoms in total. The van der Waals surface area contributed by atoms with Crippen LogP contribution in [0.1, 0.15) is 22.5 Å². The molecule has 0 fully saturated rings. The largest absolute Gasteiger partial charge is 0.282 e. The van der Waals surface area contributed by atoms with E-state index in [0.29, 0.717) is 0 Å². The van der Waals surface area contributed by atoms with Gasteiger partial charge in [-0.05, 0) is 0 Å². The molecule has 1 amide bonds. The van der Waals surface area contributed by atoms with Gasteiger partial charge in [0.2, 0.25) is 10.0 Å². The van der Waals surface area contributed by atoms with E-state index in [9.17, 15) is 22.0 Å². The normalized spacial score (nSPS) is 11.8. The third-order valence-electron chi connectivity index (χ3n) is 1.59. The zero-order chi connectivity index (χ0) is 12.5. The SMILES string of the molecule is Cn1cc(C(=O)NS(C)(=O)=O)c(C(F)F)n1. The number of nitrogens with zero attached hydrogens (tertiary/aromatic N) is 2. The van der Waals surface area contributed by atoms with Gasteiger partial charge in [-0.3, -0.25) is 9.48 Å². The van der Waals surface area contributed by atoms with Gasteiger partial charge < -0.3 is 0 Å². The molecule has 0 aliphatic carbocycles. The fourth-order valence-corrected chi connectivity index (χ4v) is 1.51. The zero-order valence-corrected chi connectivity index (χ0v) is 9.25. The number of sulfonamides is 1. The Morgan fingerprint density at radius 2 is 2.12 bits per heavy atom. The minimum Gasteiger partial charge on any atom is -0.275 e. The number of hydrogen-bond donors (Lipinski definition) is 1. The van der Waals surface area contributed by atoms with E-state index < -0.39 is 33.6 Å². The highest BCUT2D eigenvalue weighted by molar-refractivity contribution is 7.89. The van der Waals surface area contributed by atoms with Gasteiger partial charge in [-0.15, -0.1) is 0 Å². The second-order valence-corrected chi connectivity index (χ2v) is 4.85. The molecule has 1 aromatic heterocycles. The van der Waals surface area contributed by atoms with Crippen molar-refractivity contribution in [2.24, 2.45) is 7.05 Å². The molecule has 0 atom stereocenters. The van der Waals surface area contributed by atoms with Gasteiger partial charge in [0.15, 0.2) is 0 Å². The Bertz CT molecular complexity index is 509. The molecule has 0 spiro atoms. The number of halogens is 2. The summed E-state index contributed by atoms with van der Waals surface area (Å²) in [5, 5.41) is 3.37. The Hall–Kier alpha value is -1.51. The van der Waals surface area contributed by atoms with Crippen LogP contribution in [0.4, 0.5) is 8.78 Å². The average Bonchev–Trinajstić information content (AvgIpc) is 2.44. The smallest absolute Gasteiger partial charge is 0.275 e. The van der Waals surface area contributed by atoms with Gasteiger partial charge in [0, 0.05) is 13.2 Å². The van der Waals surface area contributed by atoms with Crippen LogP contribution in [-0.2, 0) is 17.1 Å². The third kappa shape index (κ3) is 2.99. The lowest BCUT2D eigenvalue weighted by Crippen LogP contribution is -2.29. The topological polar surface area (TPSA) is 81.1 Å². The molecular formula is C7H9F2N3O3S. The Morgan fingerprint density at radius 1 is 1.56 bits per heavy atom. The van der Waals surface area contributed by atoms with Gasteiger partial charge in [-0.1, -0.05) is 0 Å². The Kier molecular flexibility index (Phi) is 3.27. The number of carbonyl (C=O) groups is 1. The lowest BCUT2D eigenvalue weighted by atomic mass is 10.2. The van der Waals surface area contributed by atoms with Crippen molar-refractivity contribution in [2.45, 2.75) is 6.43 Å². The molecule has 0 aliphatic heterocycles. The number of aryl methyl sites for hydroxylation is 1. The van der Waals surface area contributed by atoms with Crippen molar-refractivity contribution in [3.63, 3.8) is 0 Å². The summed E-state index contributed by atoms with van der Waals surface area (Å²) in [4.78, 5) is 11.3. The van der Waals surface area contributed by atoms with E-state index in [-0.39, 0.29) is 0 Å². The maximum atomic E-state index is 12.4. The molecule has 1 rings (SSSR count). The molecule has 0 saturated heterocycles. The first-order valence-electron chi connectivity index (χ1n) is 4.04. The van der Waals surface area contributed by atoms with Crippen molar-refractivity contribution >= 4 is 15.9 Å². The first-order valence-corrected chi connectivity index (χ1v) is 5.93. The number of aromatic nitrogens is 2. The van der Waals surface area contributed by atoms with Crippen LogP contribution in [0.3, 0.4) is 0 Å². The summed E-state index contributed by atoms with van der Waals surface area (Å²) < 4.78 is 49.0. The number of alkyl halides is 2. The Balaban J connectivity index is 3.08. The van der Waals surface area contributed by atoms with Crippen LogP contribution in [0, 0.1) is 0 Å². The Morgan fingerprint density at radius 3 is 2.56 bits per heavy atom. The molecule has 1 aromatic rings. The summed E-state index contributed by atoms with van der Waals surface area (Å²) in [6.07, 6.45) is -1.16. The van der Waals surface area contributed by atoms with Crippen molar-refractivity contribution in [3.05, 3.63) is 17.5 Å². The standard InChI is InChI=1S/C7H9F2N3O3S/c1-12-3-4(5(10-12)6(8)9)7(13)11-16(2,14)15/h3,6H,1-2H3,(H,11,13). The van der Waals surface area contributed by atoms with E-state index >= 15 is 0 Å². The zero-order valence-electron chi connectivity index (χ0n) is 8.44. The van der Waals surface area contributed by atoms with E-state index in [1.165, 1.54) is 7.05 Å². The molecule has 1 N–H and O–H groups in total. The van der Waals surface area contributed by atoms with Crippen LogP contribution < -0.4 is 4.72 Å². The molecule has 1 heterocycles. The maximum Gasteiger partial charge on any atom is 0.282 e. The quantitative estimate of drug-likeness (QED) is 0.825. The number of amides is 1. The van der Waals surface area contributed by atoms with Gasteiger partial charge in [0.05, 0.1) is 11.8 Å². The van der Waals surface area contributed by atoms with Crippen LogP contribution in [0.2, 0.25) is 0 Å². The fourth-order valence-electron chi connectivity index (χ4n) is 1.07. The predicted molar refractivity (Wildman–Crippen MR) is 50.5 cm³/mol. The second kappa shape index (κ2) is 4.16. The van der Waals surface area contributed by atoms with Crippen molar-refractivity contribution in [1.82, 2.24) is 14.5 Å². The molecule has 0 bridgehead atoms. The highest BCUT2D eigenvalue weighted by Gasteiger charge is 2.24. The molecule has 0 aliphatic rings. The van der Waals surface area contributed by atoms with Gasteiger partial charge in [0.1, 0.15) is 5.69 Å². The van der Waals surface area contributed by atoms with Gasteiger partial charge >= 0.3 is 0 Å². The molecule has 0 saturated carbocycles. The van der Waals surface area contributed by atoms with Crippen LogP contribution in [0.25, 0.3) is 0 Å². The lowest BCUT2D eigenvalue weighted by Gasteiger charge is -2.01. The van der Waals surface area contributed by atoms with E-state index in [1.54, 1.807) is 4.72 Å². The van der Waals surface area contributed by atoms with E-state index in [2.05, 4.69) is 5.10 Å². The number of hydrogen-bond acceptors (Lipinski definition) is 4. The first-order chi connectivity index (χ1) is 7.20. The monoisotopic (exact) mass is 253 g/mol. The summed E-state index contributed by atoms with van der Waals surface area (Å²) in [5.74, 6) is -1.12. The molecule has 0 radical (unpaired) electrons. The van der Waals surface area contributed by atoms with Crippen molar-refractivity contribution in [3.8, 4) is 0 Å². The number of rotatable bonds is 3. The summed E-state index contributed by atoms with van der Waals surface area (Å²) in [5.41, 5.74) is -1.20. The molecule has 0 aromatic carbocycles. The number of carbonyl (C=O) groups excluding carboxylic acids is 1. The van der Waals surface area contributed by atoms with Gasteiger partial charge in [0.25, 0.3) is 12.3 Å². The van der Waals surface area contributed by atoms with E-state index in [0.717, 1.165) is 17.1 Å². The van der Waals surface area contributed by atoms with Crippen molar-refractivity contribution in [2.75, 3.05) is 6.26 Å². The minimum atomic E-state index is -3.79. The summed E-state index contributed by atoms with van der Waals surface area (Å²) in [6.45, 7) is 0. The fraction of sp³-hybridized carbons (Fsp3) is 0.429. The van der Waals surface area contributed by atoms with Crippen LogP contribution in [0.5, 0.6) is 0 Å². The van der Waals surface area contributed by atoms with E-state index in [1.807, 2.05) is 0 Å². The molecule has 90 valence electrons. The summed E-state index contributed by atoms with van der Waals surface area (Å²) >= 11 is 0. The summed E-state index contributed by atoms with van der Waals surface area (Å²) in [6, 6.07) is 0. The highest BCUT2D eigenvalue weighted by atomic mass is 32.2.